The summed E-state index contributed by atoms with van der Waals surface area (Å²) < 4.78 is 5.62. The fourth-order valence-electron chi connectivity index (χ4n) is 4.26. The molecule has 2 aromatic carbocycles. The molecule has 0 aliphatic carbocycles. The van der Waals surface area contributed by atoms with E-state index in [1.54, 1.807) is 19.2 Å². The van der Waals surface area contributed by atoms with Gasteiger partial charge in [0.1, 0.15) is 5.75 Å². The van der Waals surface area contributed by atoms with Crippen molar-refractivity contribution >= 4 is 52.7 Å². The number of rotatable bonds is 13. The van der Waals surface area contributed by atoms with Crippen LogP contribution in [0.4, 0.5) is 0 Å². The van der Waals surface area contributed by atoms with E-state index in [1.807, 2.05) is 24.3 Å². The Morgan fingerprint density at radius 1 is 1.14 bits per heavy atom. The second-order valence-electron chi connectivity index (χ2n) is 8.53. The zero-order valence-electron chi connectivity index (χ0n) is 20.3. The minimum atomic E-state index is -0.897. The van der Waals surface area contributed by atoms with Crippen LogP contribution < -0.4 is 4.74 Å². The van der Waals surface area contributed by atoms with Crippen LogP contribution in [0.1, 0.15) is 49.8 Å². The van der Waals surface area contributed by atoms with Crippen LogP contribution >= 0.6 is 35.0 Å². The standard InChI is InChI=1S/C26H30Cl2N2O5S/c1-3-10-29(21(15-26(33)34)18-5-6-19(27)20(28)14-18)16-17-4-7-23(22(13-17)35-2)36-12-11-30-24(31)8-9-25(30)32/h4-7,13-14,21H,3,8-12,15-16H2,1-2H3,(H,33,34). The first-order chi connectivity index (χ1) is 17.2. The van der Waals surface area contributed by atoms with Crippen molar-refractivity contribution in [2.45, 2.75) is 50.1 Å². The van der Waals surface area contributed by atoms with Crippen molar-refractivity contribution in [3.8, 4) is 5.75 Å². The summed E-state index contributed by atoms with van der Waals surface area (Å²) in [5.41, 5.74) is 1.77. The van der Waals surface area contributed by atoms with Gasteiger partial charge in [-0.3, -0.25) is 24.2 Å². The van der Waals surface area contributed by atoms with E-state index < -0.39 is 5.97 Å². The van der Waals surface area contributed by atoms with Crippen molar-refractivity contribution in [2.75, 3.05) is 26.0 Å². The molecule has 2 aromatic rings. The fraction of sp³-hybridized carbons (Fsp3) is 0.423. The van der Waals surface area contributed by atoms with Crippen LogP contribution in [0, 0.1) is 0 Å². The van der Waals surface area contributed by atoms with Crippen LogP contribution in [0.25, 0.3) is 0 Å². The number of imide groups is 1. The molecular formula is C26H30Cl2N2O5S. The maximum absolute atomic E-state index is 11.8. The second-order valence-corrected chi connectivity index (χ2v) is 10.5. The summed E-state index contributed by atoms with van der Waals surface area (Å²) in [6.07, 6.45) is 1.36. The van der Waals surface area contributed by atoms with Gasteiger partial charge in [-0.15, -0.1) is 11.8 Å². The lowest BCUT2D eigenvalue weighted by molar-refractivity contribution is -0.139. The van der Waals surface area contributed by atoms with Gasteiger partial charge in [0.2, 0.25) is 11.8 Å². The van der Waals surface area contributed by atoms with Crippen molar-refractivity contribution < 1.29 is 24.2 Å². The van der Waals surface area contributed by atoms with E-state index in [0.29, 0.717) is 54.0 Å². The molecule has 1 aliphatic rings. The van der Waals surface area contributed by atoms with Crippen LogP contribution in [-0.4, -0.2) is 58.6 Å². The van der Waals surface area contributed by atoms with Crippen LogP contribution in [0.5, 0.6) is 5.75 Å². The number of hydrogen-bond donors (Lipinski definition) is 1. The van der Waals surface area contributed by atoms with Crippen molar-refractivity contribution in [1.29, 1.82) is 0 Å². The summed E-state index contributed by atoms with van der Waals surface area (Å²) in [5, 5.41) is 10.4. The minimum absolute atomic E-state index is 0.0724. The number of carboxylic acids is 1. The van der Waals surface area contributed by atoms with E-state index in [4.69, 9.17) is 27.9 Å². The summed E-state index contributed by atoms with van der Waals surface area (Å²) in [5.74, 6) is 0.144. The number of benzene rings is 2. The molecular weight excluding hydrogens is 523 g/mol. The molecule has 1 fully saturated rings. The Balaban J connectivity index is 1.76. The molecule has 1 saturated heterocycles. The third kappa shape index (κ3) is 7.38. The third-order valence-corrected chi connectivity index (χ3v) is 7.76. The predicted molar refractivity (Wildman–Crippen MR) is 142 cm³/mol. The maximum atomic E-state index is 11.8. The van der Waals surface area contributed by atoms with Gasteiger partial charge in [0, 0.05) is 42.6 Å². The number of thioether (sulfide) groups is 1. The molecule has 0 bridgehead atoms. The highest BCUT2D eigenvalue weighted by Gasteiger charge is 2.28. The van der Waals surface area contributed by atoms with Gasteiger partial charge >= 0.3 is 5.97 Å². The summed E-state index contributed by atoms with van der Waals surface area (Å²) in [6.45, 7) is 3.63. The molecule has 10 heteroatoms. The van der Waals surface area contributed by atoms with Crippen LogP contribution in [-0.2, 0) is 20.9 Å². The Morgan fingerprint density at radius 3 is 2.47 bits per heavy atom. The molecule has 1 heterocycles. The van der Waals surface area contributed by atoms with Crippen LogP contribution in [0.15, 0.2) is 41.3 Å². The molecule has 1 unspecified atom stereocenters. The van der Waals surface area contributed by atoms with E-state index in [9.17, 15) is 19.5 Å². The summed E-state index contributed by atoms with van der Waals surface area (Å²) in [4.78, 5) is 39.7. The van der Waals surface area contributed by atoms with Crippen molar-refractivity contribution in [2.24, 2.45) is 0 Å². The highest BCUT2D eigenvalue weighted by Crippen LogP contribution is 2.34. The molecule has 0 aromatic heterocycles. The Hall–Kier alpha value is -2.26. The van der Waals surface area contributed by atoms with E-state index in [2.05, 4.69) is 11.8 Å². The van der Waals surface area contributed by atoms with Crippen molar-refractivity contribution in [3.05, 3.63) is 57.6 Å². The quantitative estimate of drug-likeness (QED) is 0.253. The van der Waals surface area contributed by atoms with Gasteiger partial charge in [-0.25, -0.2) is 0 Å². The third-order valence-electron chi connectivity index (χ3n) is 5.99. The average molecular weight is 554 g/mol. The number of methoxy groups -OCH3 is 1. The lowest BCUT2D eigenvalue weighted by Crippen LogP contribution is -2.31. The number of amides is 2. The average Bonchev–Trinajstić information content (AvgIpc) is 3.17. The Labute approximate surface area is 225 Å². The first kappa shape index (κ1) is 28.3. The summed E-state index contributed by atoms with van der Waals surface area (Å²) >= 11 is 13.8. The van der Waals surface area contributed by atoms with E-state index in [1.165, 1.54) is 16.7 Å². The molecule has 1 atom stereocenters. The van der Waals surface area contributed by atoms with Crippen molar-refractivity contribution in [1.82, 2.24) is 9.80 Å². The van der Waals surface area contributed by atoms with Gasteiger partial charge in [-0.1, -0.05) is 42.3 Å². The van der Waals surface area contributed by atoms with Gasteiger partial charge in [0.05, 0.1) is 23.6 Å². The molecule has 36 heavy (non-hydrogen) atoms. The van der Waals surface area contributed by atoms with Gasteiger partial charge in [-0.05, 0) is 48.4 Å². The number of carboxylic acid groups (broad SMARTS) is 1. The summed E-state index contributed by atoms with van der Waals surface area (Å²) in [7, 11) is 1.60. The van der Waals surface area contributed by atoms with Crippen molar-refractivity contribution in [3.63, 3.8) is 0 Å². The molecule has 2 amide bonds. The predicted octanol–water partition coefficient (Wildman–Crippen LogP) is 5.67. The Kier molecular flexibility index (Phi) is 10.5. The fourth-order valence-corrected chi connectivity index (χ4v) is 5.51. The number of likely N-dealkylation sites (tertiary alicyclic amines) is 1. The SMILES string of the molecule is CCCN(Cc1ccc(SCCN2C(=O)CCC2=O)c(OC)c1)C(CC(=O)O)c1ccc(Cl)c(Cl)c1. The molecule has 3 rings (SSSR count). The minimum Gasteiger partial charge on any atom is -0.496 e. The van der Waals surface area contributed by atoms with E-state index >= 15 is 0 Å². The smallest absolute Gasteiger partial charge is 0.305 e. The Morgan fingerprint density at radius 2 is 1.86 bits per heavy atom. The number of hydrogen-bond acceptors (Lipinski definition) is 6. The number of nitrogens with zero attached hydrogens (tertiary/aromatic N) is 2. The topological polar surface area (TPSA) is 87.2 Å². The van der Waals surface area contributed by atoms with Crippen LogP contribution in [0.3, 0.4) is 0 Å². The molecule has 1 aliphatic heterocycles. The molecule has 0 radical (unpaired) electrons. The molecule has 1 N–H and O–H groups in total. The highest BCUT2D eigenvalue weighted by atomic mass is 35.5. The molecule has 7 nitrogen and oxygen atoms in total. The lowest BCUT2D eigenvalue weighted by atomic mass is 10.0. The van der Waals surface area contributed by atoms with E-state index in [0.717, 1.165) is 22.4 Å². The zero-order valence-corrected chi connectivity index (χ0v) is 22.7. The van der Waals surface area contributed by atoms with Crippen LogP contribution in [0.2, 0.25) is 10.0 Å². The van der Waals surface area contributed by atoms with Gasteiger partial charge in [0.15, 0.2) is 0 Å². The number of ether oxygens (including phenoxy) is 1. The number of aliphatic carboxylic acids is 1. The summed E-state index contributed by atoms with van der Waals surface area (Å²) in [6, 6.07) is 10.8. The van der Waals surface area contributed by atoms with E-state index in [-0.39, 0.29) is 24.3 Å². The lowest BCUT2D eigenvalue weighted by Gasteiger charge is -2.31. The normalized spacial score (nSPS) is 14.5. The zero-order chi connectivity index (χ0) is 26.2. The molecule has 0 saturated carbocycles. The maximum Gasteiger partial charge on any atom is 0.305 e. The van der Waals surface area contributed by atoms with Gasteiger partial charge in [-0.2, -0.15) is 0 Å². The second kappa shape index (κ2) is 13.3. The first-order valence-electron chi connectivity index (χ1n) is 11.8. The largest absolute Gasteiger partial charge is 0.496 e. The monoisotopic (exact) mass is 552 g/mol. The van der Waals surface area contributed by atoms with Gasteiger partial charge in [0.25, 0.3) is 0 Å². The number of carbonyl (C=O) groups excluding carboxylic acids is 2. The van der Waals surface area contributed by atoms with Gasteiger partial charge < -0.3 is 9.84 Å². The highest BCUT2D eigenvalue weighted by molar-refractivity contribution is 7.99. The number of carbonyl (C=O) groups is 3. The number of halogens is 2. The molecule has 0 spiro atoms. The first-order valence-corrected chi connectivity index (χ1v) is 13.5. The molecule has 194 valence electrons. The Bertz CT molecular complexity index is 1100.